The van der Waals surface area contributed by atoms with Gasteiger partial charge in [0.15, 0.2) is 11.6 Å². The standard InChI is InChI=1S/C11H12F2N4O3S/c1-17(2)21(18,19)14-6-10-15-11(16-20-10)7-3-4-8(12)9(13)5-7/h3-5,14H,6H2,1-2H3. The molecule has 114 valence electrons. The lowest BCUT2D eigenvalue weighted by atomic mass is 10.2. The third-order valence-electron chi connectivity index (χ3n) is 2.53. The van der Waals surface area contributed by atoms with Crippen LogP contribution in [0.15, 0.2) is 22.7 Å². The molecular weight excluding hydrogens is 306 g/mol. The van der Waals surface area contributed by atoms with Gasteiger partial charge in [-0.1, -0.05) is 5.16 Å². The normalized spacial score (nSPS) is 12.0. The van der Waals surface area contributed by atoms with Gasteiger partial charge in [-0.2, -0.15) is 22.4 Å². The van der Waals surface area contributed by atoms with Crippen LogP contribution in [-0.4, -0.2) is 37.0 Å². The molecule has 1 aromatic heterocycles. The van der Waals surface area contributed by atoms with Crippen molar-refractivity contribution < 1.29 is 21.7 Å². The van der Waals surface area contributed by atoms with Crippen LogP contribution in [0.25, 0.3) is 11.4 Å². The number of benzene rings is 1. The van der Waals surface area contributed by atoms with E-state index in [1.807, 2.05) is 0 Å². The Morgan fingerprint density at radius 2 is 2.00 bits per heavy atom. The molecule has 0 amide bonds. The average molecular weight is 318 g/mol. The highest BCUT2D eigenvalue weighted by molar-refractivity contribution is 7.87. The summed E-state index contributed by atoms with van der Waals surface area (Å²) in [6.07, 6.45) is 0. The molecule has 0 aliphatic rings. The second-order valence-corrected chi connectivity index (χ2v) is 6.22. The molecule has 7 nitrogen and oxygen atoms in total. The first-order valence-electron chi connectivity index (χ1n) is 5.75. The summed E-state index contributed by atoms with van der Waals surface area (Å²) in [5.41, 5.74) is 0.222. The van der Waals surface area contributed by atoms with Crippen LogP contribution in [0.4, 0.5) is 8.78 Å². The van der Waals surface area contributed by atoms with E-state index in [0.717, 1.165) is 16.4 Å². The Kier molecular flexibility index (Phi) is 4.30. The van der Waals surface area contributed by atoms with Crippen molar-refractivity contribution in [1.82, 2.24) is 19.2 Å². The molecule has 21 heavy (non-hydrogen) atoms. The van der Waals surface area contributed by atoms with E-state index < -0.39 is 21.8 Å². The second-order valence-electron chi connectivity index (χ2n) is 4.25. The summed E-state index contributed by atoms with van der Waals surface area (Å²) in [6, 6.07) is 3.15. The quantitative estimate of drug-likeness (QED) is 0.885. The van der Waals surface area contributed by atoms with E-state index in [0.29, 0.717) is 0 Å². The zero-order valence-corrected chi connectivity index (χ0v) is 12.0. The third-order valence-corrected chi connectivity index (χ3v) is 4.00. The van der Waals surface area contributed by atoms with Crippen molar-refractivity contribution in [2.45, 2.75) is 6.54 Å². The minimum absolute atomic E-state index is 0.000146. The monoisotopic (exact) mass is 318 g/mol. The summed E-state index contributed by atoms with van der Waals surface area (Å²) < 4.78 is 57.0. The van der Waals surface area contributed by atoms with E-state index in [-0.39, 0.29) is 23.8 Å². The number of hydrogen-bond acceptors (Lipinski definition) is 5. The van der Waals surface area contributed by atoms with Crippen LogP contribution in [0.2, 0.25) is 0 Å². The summed E-state index contributed by atoms with van der Waals surface area (Å²) >= 11 is 0. The maximum absolute atomic E-state index is 13.1. The molecule has 0 bridgehead atoms. The van der Waals surface area contributed by atoms with Crippen molar-refractivity contribution in [2.75, 3.05) is 14.1 Å². The van der Waals surface area contributed by atoms with Crippen LogP contribution in [0, 0.1) is 11.6 Å². The topological polar surface area (TPSA) is 88.3 Å². The predicted molar refractivity (Wildman–Crippen MR) is 69.1 cm³/mol. The van der Waals surface area contributed by atoms with Gasteiger partial charge < -0.3 is 4.52 Å². The lowest BCUT2D eigenvalue weighted by Crippen LogP contribution is -2.35. The van der Waals surface area contributed by atoms with E-state index in [9.17, 15) is 17.2 Å². The van der Waals surface area contributed by atoms with Gasteiger partial charge in [-0.05, 0) is 18.2 Å². The van der Waals surface area contributed by atoms with Crippen molar-refractivity contribution in [3.63, 3.8) is 0 Å². The molecule has 1 aromatic carbocycles. The summed E-state index contributed by atoms with van der Waals surface area (Å²) in [5, 5.41) is 3.58. The summed E-state index contributed by atoms with van der Waals surface area (Å²) in [4.78, 5) is 3.90. The number of aromatic nitrogens is 2. The smallest absolute Gasteiger partial charge is 0.279 e. The summed E-state index contributed by atoms with van der Waals surface area (Å²) in [5.74, 6) is -1.98. The molecule has 0 fully saturated rings. The van der Waals surface area contributed by atoms with Gasteiger partial charge in [-0.25, -0.2) is 8.78 Å². The highest BCUT2D eigenvalue weighted by atomic mass is 32.2. The predicted octanol–water partition coefficient (Wildman–Crippen LogP) is 0.911. The number of rotatable bonds is 5. The lowest BCUT2D eigenvalue weighted by molar-refractivity contribution is 0.374. The van der Waals surface area contributed by atoms with Crippen molar-refractivity contribution in [2.24, 2.45) is 0 Å². The van der Waals surface area contributed by atoms with Crippen LogP contribution >= 0.6 is 0 Å². The first-order valence-corrected chi connectivity index (χ1v) is 7.19. The molecule has 0 atom stereocenters. The van der Waals surface area contributed by atoms with Gasteiger partial charge in [0.25, 0.3) is 10.2 Å². The second kappa shape index (κ2) is 5.84. The van der Waals surface area contributed by atoms with Gasteiger partial charge in [0.2, 0.25) is 11.7 Å². The van der Waals surface area contributed by atoms with Gasteiger partial charge in [0, 0.05) is 19.7 Å². The zero-order chi connectivity index (χ0) is 15.6. The molecule has 2 aromatic rings. The van der Waals surface area contributed by atoms with E-state index in [1.54, 1.807) is 0 Å². The van der Waals surface area contributed by atoms with Gasteiger partial charge >= 0.3 is 0 Å². The van der Waals surface area contributed by atoms with Crippen LogP contribution in [0.5, 0.6) is 0 Å². The molecule has 0 unspecified atom stereocenters. The largest absolute Gasteiger partial charge is 0.338 e. The molecule has 0 saturated carbocycles. The number of halogens is 2. The molecule has 0 spiro atoms. The Morgan fingerprint density at radius 3 is 2.62 bits per heavy atom. The Morgan fingerprint density at radius 1 is 1.29 bits per heavy atom. The Labute approximate surface area is 119 Å². The van der Waals surface area contributed by atoms with E-state index >= 15 is 0 Å². The van der Waals surface area contributed by atoms with Crippen LogP contribution in [-0.2, 0) is 16.8 Å². The summed E-state index contributed by atoms with van der Waals surface area (Å²) in [7, 11) is -0.890. The summed E-state index contributed by atoms with van der Waals surface area (Å²) in [6.45, 7) is -0.211. The maximum Gasteiger partial charge on any atom is 0.279 e. The first kappa shape index (κ1) is 15.5. The number of nitrogens with zero attached hydrogens (tertiary/aromatic N) is 3. The maximum atomic E-state index is 13.1. The van der Waals surface area contributed by atoms with E-state index in [4.69, 9.17) is 4.52 Å². The number of hydrogen-bond donors (Lipinski definition) is 1. The fourth-order valence-electron chi connectivity index (χ4n) is 1.36. The fraction of sp³-hybridized carbons (Fsp3) is 0.273. The molecule has 1 heterocycles. The van der Waals surface area contributed by atoms with Crippen molar-refractivity contribution in [3.8, 4) is 11.4 Å². The van der Waals surface area contributed by atoms with Crippen LogP contribution in [0.1, 0.15) is 5.89 Å². The molecule has 0 aliphatic carbocycles. The van der Waals surface area contributed by atoms with Crippen molar-refractivity contribution >= 4 is 10.2 Å². The molecule has 2 rings (SSSR count). The highest BCUT2D eigenvalue weighted by Crippen LogP contribution is 2.18. The van der Waals surface area contributed by atoms with Gasteiger partial charge in [-0.15, -0.1) is 0 Å². The Bertz CT molecular complexity index is 746. The highest BCUT2D eigenvalue weighted by Gasteiger charge is 2.16. The van der Waals surface area contributed by atoms with Gasteiger partial charge in [0.1, 0.15) is 0 Å². The molecule has 1 N–H and O–H groups in total. The Hall–Kier alpha value is -1.91. The molecular formula is C11H12F2N4O3S. The van der Waals surface area contributed by atoms with Crippen LogP contribution < -0.4 is 4.72 Å². The molecule has 0 aliphatic heterocycles. The zero-order valence-electron chi connectivity index (χ0n) is 11.2. The van der Waals surface area contributed by atoms with Gasteiger partial charge in [-0.3, -0.25) is 0 Å². The molecule has 0 radical (unpaired) electrons. The first-order chi connectivity index (χ1) is 9.79. The van der Waals surface area contributed by atoms with E-state index in [2.05, 4.69) is 14.9 Å². The van der Waals surface area contributed by atoms with Crippen molar-refractivity contribution in [1.29, 1.82) is 0 Å². The van der Waals surface area contributed by atoms with E-state index in [1.165, 1.54) is 20.2 Å². The number of nitrogens with one attached hydrogen (secondary N) is 1. The minimum Gasteiger partial charge on any atom is -0.338 e. The Balaban J connectivity index is 2.13. The van der Waals surface area contributed by atoms with Crippen molar-refractivity contribution in [3.05, 3.63) is 35.7 Å². The SMILES string of the molecule is CN(C)S(=O)(=O)NCc1nc(-c2ccc(F)c(F)c2)no1. The average Bonchev–Trinajstić information content (AvgIpc) is 2.88. The molecule has 0 saturated heterocycles. The van der Waals surface area contributed by atoms with Crippen LogP contribution in [0.3, 0.4) is 0 Å². The van der Waals surface area contributed by atoms with Gasteiger partial charge in [0.05, 0.1) is 6.54 Å². The molecule has 10 heteroatoms. The minimum atomic E-state index is -3.62. The third kappa shape index (κ3) is 3.60. The lowest BCUT2D eigenvalue weighted by Gasteiger charge is -2.10. The fourth-order valence-corrected chi connectivity index (χ4v) is 1.93.